The van der Waals surface area contributed by atoms with Gasteiger partial charge in [-0.2, -0.15) is 0 Å². The van der Waals surface area contributed by atoms with Gasteiger partial charge in [-0.15, -0.1) is 0 Å². The summed E-state index contributed by atoms with van der Waals surface area (Å²) in [7, 11) is 0. The Morgan fingerprint density at radius 2 is 2.24 bits per heavy atom. The third kappa shape index (κ3) is 4.83. The monoisotopic (exact) mass is 329 g/mol. The SMILES string of the molecule is CC1CCCCN1CCCNC(=O)c1nc(Cl)ccc1Cl. The second-order valence-corrected chi connectivity index (χ2v) is 6.25. The Morgan fingerprint density at radius 3 is 3.00 bits per heavy atom. The van der Waals surface area contributed by atoms with Gasteiger partial charge in [0.1, 0.15) is 10.8 Å². The van der Waals surface area contributed by atoms with E-state index in [1.54, 1.807) is 12.1 Å². The number of pyridine rings is 1. The second kappa shape index (κ2) is 7.97. The van der Waals surface area contributed by atoms with Crippen molar-refractivity contribution in [3.63, 3.8) is 0 Å². The van der Waals surface area contributed by atoms with E-state index in [4.69, 9.17) is 23.2 Å². The molecule has 2 rings (SSSR count). The van der Waals surface area contributed by atoms with E-state index in [0.717, 1.165) is 19.5 Å². The number of halogens is 2. The van der Waals surface area contributed by atoms with Gasteiger partial charge in [-0.3, -0.25) is 4.79 Å². The van der Waals surface area contributed by atoms with Crippen LogP contribution in [0.3, 0.4) is 0 Å². The van der Waals surface area contributed by atoms with Gasteiger partial charge in [0.25, 0.3) is 5.91 Å². The summed E-state index contributed by atoms with van der Waals surface area (Å²) in [6.45, 7) is 5.06. The summed E-state index contributed by atoms with van der Waals surface area (Å²) in [5, 5.41) is 3.44. The minimum absolute atomic E-state index is 0.190. The maximum absolute atomic E-state index is 12.0. The van der Waals surface area contributed by atoms with E-state index < -0.39 is 0 Å². The number of rotatable bonds is 5. The molecule has 1 aliphatic heterocycles. The highest BCUT2D eigenvalue weighted by Crippen LogP contribution is 2.17. The summed E-state index contributed by atoms with van der Waals surface area (Å²) in [5.41, 5.74) is 0.190. The number of likely N-dealkylation sites (tertiary alicyclic amines) is 1. The standard InChI is InChI=1S/C15H21Cl2N3O/c1-11-5-2-3-9-20(11)10-4-8-18-15(21)14-12(16)6-7-13(17)19-14/h6-7,11H,2-5,8-10H2,1H3,(H,18,21). The van der Waals surface area contributed by atoms with Crippen LogP contribution in [0.4, 0.5) is 0 Å². The molecule has 4 nitrogen and oxygen atoms in total. The molecule has 0 saturated carbocycles. The highest BCUT2D eigenvalue weighted by molar-refractivity contribution is 6.34. The Bertz CT molecular complexity index is 496. The number of aromatic nitrogens is 1. The van der Waals surface area contributed by atoms with Crippen molar-refractivity contribution in [3.05, 3.63) is 28.0 Å². The molecule has 0 aromatic carbocycles. The lowest BCUT2D eigenvalue weighted by atomic mass is 10.0. The third-order valence-electron chi connectivity index (χ3n) is 3.88. The molecule has 1 saturated heterocycles. The molecule has 0 radical (unpaired) electrons. The molecular weight excluding hydrogens is 309 g/mol. The zero-order valence-corrected chi connectivity index (χ0v) is 13.8. The Morgan fingerprint density at radius 1 is 1.43 bits per heavy atom. The van der Waals surface area contributed by atoms with Crippen LogP contribution in [-0.4, -0.2) is 41.5 Å². The number of piperidine rings is 1. The minimum atomic E-state index is -0.269. The van der Waals surface area contributed by atoms with E-state index in [0.29, 0.717) is 17.6 Å². The van der Waals surface area contributed by atoms with Gasteiger partial charge in [0.15, 0.2) is 0 Å². The molecule has 1 atom stereocenters. The van der Waals surface area contributed by atoms with E-state index in [2.05, 4.69) is 22.1 Å². The van der Waals surface area contributed by atoms with E-state index in [1.165, 1.54) is 19.3 Å². The molecule has 1 fully saturated rings. The molecular formula is C15H21Cl2N3O. The van der Waals surface area contributed by atoms with Gasteiger partial charge < -0.3 is 10.2 Å². The number of hydrogen-bond donors (Lipinski definition) is 1. The molecule has 1 N–H and O–H groups in total. The molecule has 0 spiro atoms. The lowest BCUT2D eigenvalue weighted by Gasteiger charge is -2.33. The van der Waals surface area contributed by atoms with Crippen LogP contribution in [0.1, 0.15) is 43.1 Å². The molecule has 1 unspecified atom stereocenters. The second-order valence-electron chi connectivity index (χ2n) is 5.45. The number of nitrogens with zero attached hydrogens (tertiary/aromatic N) is 2. The summed E-state index contributed by atoms with van der Waals surface area (Å²) in [5.74, 6) is -0.269. The number of amides is 1. The van der Waals surface area contributed by atoms with Crippen LogP contribution in [-0.2, 0) is 0 Å². The van der Waals surface area contributed by atoms with E-state index in [1.807, 2.05) is 0 Å². The van der Waals surface area contributed by atoms with Gasteiger partial charge in [-0.05, 0) is 44.9 Å². The highest BCUT2D eigenvalue weighted by atomic mass is 35.5. The van der Waals surface area contributed by atoms with E-state index in [-0.39, 0.29) is 16.8 Å². The minimum Gasteiger partial charge on any atom is -0.351 e. The van der Waals surface area contributed by atoms with Crippen molar-refractivity contribution in [1.29, 1.82) is 0 Å². The van der Waals surface area contributed by atoms with Gasteiger partial charge in [0.2, 0.25) is 0 Å². The van der Waals surface area contributed by atoms with Crippen LogP contribution >= 0.6 is 23.2 Å². The molecule has 1 amide bonds. The predicted octanol–water partition coefficient (Wildman–Crippen LogP) is 3.38. The van der Waals surface area contributed by atoms with Crippen LogP contribution in [0.2, 0.25) is 10.2 Å². The van der Waals surface area contributed by atoms with E-state index in [9.17, 15) is 4.79 Å². The van der Waals surface area contributed by atoms with Crippen LogP contribution < -0.4 is 5.32 Å². The van der Waals surface area contributed by atoms with Crippen LogP contribution in [0, 0.1) is 0 Å². The maximum atomic E-state index is 12.0. The average molecular weight is 330 g/mol. The van der Waals surface area contributed by atoms with E-state index >= 15 is 0 Å². The summed E-state index contributed by atoms with van der Waals surface area (Å²) < 4.78 is 0. The van der Waals surface area contributed by atoms with Crippen molar-refractivity contribution in [2.75, 3.05) is 19.6 Å². The predicted molar refractivity (Wildman–Crippen MR) is 86.1 cm³/mol. The zero-order chi connectivity index (χ0) is 15.2. The number of carbonyl (C=O) groups excluding carboxylic acids is 1. The first-order valence-electron chi connectivity index (χ1n) is 7.42. The molecule has 1 aromatic rings. The maximum Gasteiger partial charge on any atom is 0.271 e. The average Bonchev–Trinajstić information content (AvgIpc) is 2.47. The van der Waals surface area contributed by atoms with Gasteiger partial charge in [0, 0.05) is 19.1 Å². The van der Waals surface area contributed by atoms with Gasteiger partial charge in [0.05, 0.1) is 5.02 Å². The fourth-order valence-electron chi connectivity index (χ4n) is 2.64. The number of carbonyl (C=O) groups is 1. The topological polar surface area (TPSA) is 45.2 Å². The molecule has 116 valence electrons. The third-order valence-corrected chi connectivity index (χ3v) is 4.39. The largest absolute Gasteiger partial charge is 0.351 e. The first-order chi connectivity index (χ1) is 10.1. The van der Waals surface area contributed by atoms with Crippen molar-refractivity contribution < 1.29 is 4.79 Å². The summed E-state index contributed by atoms with van der Waals surface area (Å²) >= 11 is 11.7. The van der Waals surface area contributed by atoms with Crippen molar-refractivity contribution in [3.8, 4) is 0 Å². The van der Waals surface area contributed by atoms with Crippen LogP contribution in [0.15, 0.2) is 12.1 Å². The molecule has 6 heteroatoms. The van der Waals surface area contributed by atoms with Crippen molar-refractivity contribution in [1.82, 2.24) is 15.2 Å². The van der Waals surface area contributed by atoms with Gasteiger partial charge >= 0.3 is 0 Å². The van der Waals surface area contributed by atoms with Crippen molar-refractivity contribution in [2.45, 2.75) is 38.6 Å². The molecule has 2 heterocycles. The van der Waals surface area contributed by atoms with Gasteiger partial charge in [-0.25, -0.2) is 4.98 Å². The quantitative estimate of drug-likeness (QED) is 0.665. The Balaban J connectivity index is 1.75. The molecule has 1 aliphatic rings. The molecule has 0 bridgehead atoms. The molecule has 1 aromatic heterocycles. The Hall–Kier alpha value is -0.840. The van der Waals surface area contributed by atoms with Gasteiger partial charge in [-0.1, -0.05) is 29.6 Å². The lowest BCUT2D eigenvalue weighted by Crippen LogP contribution is -2.39. The molecule has 0 aliphatic carbocycles. The molecule has 21 heavy (non-hydrogen) atoms. The zero-order valence-electron chi connectivity index (χ0n) is 12.2. The Labute approximate surface area is 135 Å². The summed E-state index contributed by atoms with van der Waals surface area (Å²) in [4.78, 5) is 18.5. The van der Waals surface area contributed by atoms with Crippen molar-refractivity contribution in [2.24, 2.45) is 0 Å². The first-order valence-corrected chi connectivity index (χ1v) is 8.18. The first kappa shape index (κ1) is 16.5. The lowest BCUT2D eigenvalue weighted by molar-refractivity contribution is 0.0944. The number of nitrogens with one attached hydrogen (secondary N) is 1. The van der Waals surface area contributed by atoms with Crippen molar-refractivity contribution >= 4 is 29.1 Å². The normalized spacial score (nSPS) is 19.5. The highest BCUT2D eigenvalue weighted by Gasteiger charge is 2.17. The number of hydrogen-bond acceptors (Lipinski definition) is 3. The summed E-state index contributed by atoms with van der Waals surface area (Å²) in [6.07, 6.45) is 4.80. The van der Waals surface area contributed by atoms with Crippen LogP contribution in [0.25, 0.3) is 0 Å². The van der Waals surface area contributed by atoms with Crippen LogP contribution in [0.5, 0.6) is 0 Å². The Kier molecular flexibility index (Phi) is 6.27. The smallest absolute Gasteiger partial charge is 0.271 e. The fraction of sp³-hybridized carbons (Fsp3) is 0.600. The summed E-state index contributed by atoms with van der Waals surface area (Å²) in [6, 6.07) is 3.80. The fourth-order valence-corrected chi connectivity index (χ4v) is 2.97.